The normalized spacial score (nSPS) is 17.3. The monoisotopic (exact) mass is 242 g/mol. The van der Waals surface area contributed by atoms with Gasteiger partial charge in [-0.3, -0.25) is 0 Å². The van der Waals surface area contributed by atoms with Gasteiger partial charge in [-0.05, 0) is 30.4 Å². The van der Waals surface area contributed by atoms with Crippen LogP contribution in [0.4, 0.5) is 11.5 Å². The summed E-state index contributed by atoms with van der Waals surface area (Å²) in [5.74, 6) is 0.998. The van der Waals surface area contributed by atoms with Crippen LogP contribution in [0.5, 0.6) is 0 Å². The van der Waals surface area contributed by atoms with Gasteiger partial charge in [-0.2, -0.15) is 0 Å². The van der Waals surface area contributed by atoms with E-state index < -0.39 is 0 Å². The van der Waals surface area contributed by atoms with E-state index in [4.69, 9.17) is 11.5 Å². The predicted molar refractivity (Wildman–Crippen MR) is 75.6 cm³/mol. The molecule has 1 saturated heterocycles. The standard InChI is InChI=1S/C14H18N4/c15-11-5-8-18(9-6-11)14-13-10(4-7-17-14)2-1-3-12(13)16/h1-4,7,11H,5-6,8-9,15-16H2. The van der Waals surface area contributed by atoms with Crippen molar-refractivity contribution in [3.05, 3.63) is 30.5 Å². The van der Waals surface area contributed by atoms with Crippen LogP contribution in [0.3, 0.4) is 0 Å². The Morgan fingerprint density at radius 1 is 1.17 bits per heavy atom. The summed E-state index contributed by atoms with van der Waals surface area (Å²) >= 11 is 0. The Hall–Kier alpha value is -1.81. The zero-order valence-electron chi connectivity index (χ0n) is 10.3. The molecule has 2 aromatic rings. The van der Waals surface area contributed by atoms with Gasteiger partial charge in [0.2, 0.25) is 0 Å². The summed E-state index contributed by atoms with van der Waals surface area (Å²) in [5, 5.41) is 2.21. The molecule has 0 amide bonds. The lowest BCUT2D eigenvalue weighted by Gasteiger charge is -2.32. The summed E-state index contributed by atoms with van der Waals surface area (Å²) in [6, 6.07) is 8.32. The van der Waals surface area contributed by atoms with Crippen LogP contribution in [0.2, 0.25) is 0 Å². The van der Waals surface area contributed by atoms with Crippen molar-refractivity contribution in [2.45, 2.75) is 18.9 Å². The first kappa shape index (κ1) is 11.3. The van der Waals surface area contributed by atoms with Crippen LogP contribution in [0.1, 0.15) is 12.8 Å². The first-order valence-corrected chi connectivity index (χ1v) is 6.39. The molecule has 0 unspecified atom stereocenters. The Morgan fingerprint density at radius 2 is 1.94 bits per heavy atom. The molecule has 4 N–H and O–H groups in total. The number of hydrogen-bond donors (Lipinski definition) is 2. The van der Waals surface area contributed by atoms with E-state index >= 15 is 0 Å². The molecule has 0 atom stereocenters. The van der Waals surface area contributed by atoms with Crippen molar-refractivity contribution < 1.29 is 0 Å². The first-order chi connectivity index (χ1) is 8.75. The Kier molecular flexibility index (Phi) is 2.80. The van der Waals surface area contributed by atoms with Crippen LogP contribution in [0.25, 0.3) is 10.8 Å². The van der Waals surface area contributed by atoms with Crippen LogP contribution < -0.4 is 16.4 Å². The smallest absolute Gasteiger partial charge is 0.138 e. The molecule has 0 bridgehead atoms. The minimum Gasteiger partial charge on any atom is -0.398 e. The quantitative estimate of drug-likeness (QED) is 0.747. The first-order valence-electron chi connectivity index (χ1n) is 6.39. The number of nitrogen functional groups attached to an aromatic ring is 1. The molecule has 0 saturated carbocycles. The highest BCUT2D eigenvalue weighted by atomic mass is 15.2. The second-order valence-corrected chi connectivity index (χ2v) is 4.90. The average Bonchev–Trinajstić information content (AvgIpc) is 2.39. The van der Waals surface area contributed by atoms with Gasteiger partial charge < -0.3 is 16.4 Å². The second kappa shape index (κ2) is 4.46. The fourth-order valence-corrected chi connectivity index (χ4v) is 2.59. The molecule has 4 heteroatoms. The van der Waals surface area contributed by atoms with Gasteiger partial charge in [0.25, 0.3) is 0 Å². The van der Waals surface area contributed by atoms with Crippen molar-refractivity contribution in [3.63, 3.8) is 0 Å². The fourth-order valence-electron chi connectivity index (χ4n) is 2.59. The Bertz CT molecular complexity index is 553. The van der Waals surface area contributed by atoms with Crippen LogP contribution in [-0.2, 0) is 0 Å². The molecule has 1 fully saturated rings. The van der Waals surface area contributed by atoms with Crippen LogP contribution in [0.15, 0.2) is 30.5 Å². The number of nitrogens with zero attached hydrogens (tertiary/aromatic N) is 2. The highest BCUT2D eigenvalue weighted by Gasteiger charge is 2.19. The third-order valence-electron chi connectivity index (χ3n) is 3.64. The lowest BCUT2D eigenvalue weighted by Crippen LogP contribution is -2.40. The maximum absolute atomic E-state index is 6.10. The number of rotatable bonds is 1. The fraction of sp³-hybridized carbons (Fsp3) is 0.357. The molecule has 4 nitrogen and oxygen atoms in total. The average molecular weight is 242 g/mol. The van der Waals surface area contributed by atoms with Gasteiger partial charge in [0.1, 0.15) is 5.82 Å². The van der Waals surface area contributed by atoms with E-state index in [9.17, 15) is 0 Å². The van der Waals surface area contributed by atoms with Crippen molar-refractivity contribution in [1.29, 1.82) is 0 Å². The highest BCUT2D eigenvalue weighted by Crippen LogP contribution is 2.30. The number of pyridine rings is 1. The van der Waals surface area contributed by atoms with E-state index in [0.717, 1.165) is 48.2 Å². The number of aromatic nitrogens is 1. The Labute approximate surface area is 107 Å². The summed E-state index contributed by atoms with van der Waals surface area (Å²) in [6.45, 7) is 1.92. The molecule has 0 radical (unpaired) electrons. The molecule has 1 aliphatic heterocycles. The van der Waals surface area contributed by atoms with Gasteiger partial charge >= 0.3 is 0 Å². The van der Waals surface area contributed by atoms with E-state index in [1.807, 2.05) is 24.4 Å². The van der Waals surface area contributed by atoms with Gasteiger partial charge in [0.05, 0.1) is 0 Å². The van der Waals surface area contributed by atoms with E-state index in [1.54, 1.807) is 0 Å². The van der Waals surface area contributed by atoms with Crippen molar-refractivity contribution in [1.82, 2.24) is 4.98 Å². The van der Waals surface area contributed by atoms with E-state index in [0.29, 0.717) is 6.04 Å². The molecule has 1 aromatic carbocycles. The summed E-state index contributed by atoms with van der Waals surface area (Å²) in [6.07, 6.45) is 3.89. The van der Waals surface area contributed by atoms with Crippen molar-refractivity contribution in [3.8, 4) is 0 Å². The summed E-state index contributed by atoms with van der Waals surface area (Å²) in [5.41, 5.74) is 12.8. The maximum Gasteiger partial charge on any atom is 0.138 e. The Balaban J connectivity index is 2.06. The molecule has 3 rings (SSSR count). The zero-order chi connectivity index (χ0) is 12.5. The molecule has 94 valence electrons. The molecular weight excluding hydrogens is 224 g/mol. The Morgan fingerprint density at radius 3 is 2.72 bits per heavy atom. The lowest BCUT2D eigenvalue weighted by atomic mass is 10.0. The molecule has 0 spiro atoms. The summed E-state index contributed by atoms with van der Waals surface area (Å²) < 4.78 is 0. The van der Waals surface area contributed by atoms with Gasteiger partial charge in [-0.15, -0.1) is 0 Å². The van der Waals surface area contributed by atoms with Crippen LogP contribution in [0, 0.1) is 0 Å². The van der Waals surface area contributed by atoms with E-state index in [1.165, 1.54) is 0 Å². The highest BCUT2D eigenvalue weighted by molar-refractivity contribution is 6.00. The van der Waals surface area contributed by atoms with Crippen LogP contribution in [-0.4, -0.2) is 24.1 Å². The lowest BCUT2D eigenvalue weighted by molar-refractivity contribution is 0.499. The number of benzene rings is 1. The van der Waals surface area contributed by atoms with Crippen molar-refractivity contribution in [2.75, 3.05) is 23.7 Å². The molecule has 18 heavy (non-hydrogen) atoms. The van der Waals surface area contributed by atoms with Gasteiger partial charge in [0, 0.05) is 36.4 Å². The molecule has 1 aliphatic rings. The van der Waals surface area contributed by atoms with Crippen molar-refractivity contribution in [2.24, 2.45) is 5.73 Å². The van der Waals surface area contributed by atoms with Crippen LogP contribution >= 0.6 is 0 Å². The topological polar surface area (TPSA) is 68.2 Å². The molecule has 1 aromatic heterocycles. The zero-order valence-corrected chi connectivity index (χ0v) is 10.3. The third-order valence-corrected chi connectivity index (χ3v) is 3.64. The summed E-state index contributed by atoms with van der Waals surface area (Å²) in [7, 11) is 0. The molecule has 0 aliphatic carbocycles. The third kappa shape index (κ3) is 1.88. The number of hydrogen-bond acceptors (Lipinski definition) is 4. The minimum atomic E-state index is 0.327. The second-order valence-electron chi connectivity index (χ2n) is 4.90. The maximum atomic E-state index is 6.10. The number of nitrogens with two attached hydrogens (primary N) is 2. The number of anilines is 2. The molecular formula is C14H18N4. The van der Waals surface area contributed by atoms with E-state index in [2.05, 4.69) is 16.0 Å². The van der Waals surface area contributed by atoms with Crippen molar-refractivity contribution >= 4 is 22.3 Å². The molecule has 2 heterocycles. The SMILES string of the molecule is Nc1cccc2ccnc(N3CCC(N)CC3)c12. The number of piperidine rings is 1. The summed E-state index contributed by atoms with van der Waals surface area (Å²) in [4.78, 5) is 6.82. The minimum absolute atomic E-state index is 0.327. The van der Waals surface area contributed by atoms with Gasteiger partial charge in [-0.25, -0.2) is 4.98 Å². The predicted octanol–water partition coefficient (Wildman–Crippen LogP) is 1.74. The van der Waals surface area contributed by atoms with E-state index in [-0.39, 0.29) is 0 Å². The largest absolute Gasteiger partial charge is 0.398 e. The number of fused-ring (bicyclic) bond motifs is 1. The van der Waals surface area contributed by atoms with Gasteiger partial charge in [0.15, 0.2) is 0 Å². The van der Waals surface area contributed by atoms with Gasteiger partial charge in [-0.1, -0.05) is 12.1 Å².